The maximum absolute atomic E-state index is 9.63. The molecule has 3 heterocycles. The molecule has 3 aromatic rings. The lowest BCUT2D eigenvalue weighted by molar-refractivity contribution is 0.123. The predicted molar refractivity (Wildman–Crippen MR) is 102 cm³/mol. The fourth-order valence-corrected chi connectivity index (χ4v) is 2.93. The summed E-state index contributed by atoms with van der Waals surface area (Å²) in [6.45, 7) is 5.79. The van der Waals surface area contributed by atoms with Gasteiger partial charge in [-0.1, -0.05) is 26.7 Å². The second-order valence-electron chi connectivity index (χ2n) is 6.50. The molecule has 140 valence electrons. The van der Waals surface area contributed by atoms with Crippen molar-refractivity contribution in [2.45, 2.75) is 46.0 Å². The minimum Gasteiger partial charge on any atom is -0.377 e. The van der Waals surface area contributed by atoms with Crippen molar-refractivity contribution in [1.29, 1.82) is 0 Å². The van der Waals surface area contributed by atoms with Crippen LogP contribution in [0.5, 0.6) is 0 Å². The van der Waals surface area contributed by atoms with Gasteiger partial charge in [0.25, 0.3) is 0 Å². The van der Waals surface area contributed by atoms with Crippen molar-refractivity contribution in [3.63, 3.8) is 0 Å². The second kappa shape index (κ2) is 8.29. The smallest absolute Gasteiger partial charge is 0.229 e. The van der Waals surface area contributed by atoms with Gasteiger partial charge in [-0.25, -0.2) is 4.98 Å². The van der Waals surface area contributed by atoms with E-state index in [1.807, 2.05) is 12.4 Å². The molecule has 0 saturated carbocycles. The molecule has 0 aliphatic carbocycles. The van der Waals surface area contributed by atoms with Gasteiger partial charge in [0, 0.05) is 30.5 Å². The Balaban J connectivity index is 1.76. The van der Waals surface area contributed by atoms with Gasteiger partial charge in [-0.05, 0) is 19.0 Å². The molecule has 0 bridgehead atoms. The van der Waals surface area contributed by atoms with Crippen LogP contribution in [0.1, 0.15) is 26.7 Å². The molecule has 0 spiro atoms. The minimum atomic E-state index is -0.635. The molecule has 26 heavy (non-hydrogen) atoms. The Morgan fingerprint density at radius 3 is 2.73 bits per heavy atom. The zero-order chi connectivity index (χ0) is 18.5. The van der Waals surface area contributed by atoms with Gasteiger partial charge in [0.1, 0.15) is 11.9 Å². The Bertz CT molecular complexity index is 837. The molecule has 0 aromatic carbocycles. The Morgan fingerprint density at radius 2 is 2.00 bits per heavy atom. The second-order valence-corrected chi connectivity index (χ2v) is 6.50. The van der Waals surface area contributed by atoms with E-state index in [1.165, 1.54) is 0 Å². The third-order valence-corrected chi connectivity index (χ3v) is 4.69. The maximum Gasteiger partial charge on any atom is 0.229 e. The van der Waals surface area contributed by atoms with E-state index in [0.29, 0.717) is 18.4 Å². The first-order chi connectivity index (χ1) is 12.6. The van der Waals surface area contributed by atoms with Gasteiger partial charge in [0.05, 0.1) is 18.4 Å². The van der Waals surface area contributed by atoms with E-state index in [-0.39, 0.29) is 0 Å². The highest BCUT2D eigenvalue weighted by atomic mass is 16.3. The highest BCUT2D eigenvalue weighted by Gasteiger charge is 2.10. The van der Waals surface area contributed by atoms with Gasteiger partial charge in [0.15, 0.2) is 0 Å². The van der Waals surface area contributed by atoms with Crippen LogP contribution in [-0.2, 0) is 13.1 Å². The molecule has 3 rings (SSSR count). The standard InChI is InChI=1S/C18H27N7O/c1-4-13(5-2)10-24-7-6-14-8-20-18(23-17(14)24)22-15-9-21-25(11-15)12-16(26)19-3/h6-9,11,13,16,19,26H,4-5,10,12H2,1-3H3,(H,20,22,23). The molecular formula is C18H27N7O. The molecule has 3 N–H and O–H groups in total. The number of hydrogen-bond donors (Lipinski definition) is 3. The summed E-state index contributed by atoms with van der Waals surface area (Å²) < 4.78 is 3.87. The fraction of sp³-hybridized carbons (Fsp3) is 0.500. The highest BCUT2D eigenvalue weighted by Crippen LogP contribution is 2.20. The number of fused-ring (bicyclic) bond motifs is 1. The number of likely N-dealkylation sites (N-methyl/N-ethyl adjacent to an activating group) is 1. The molecule has 0 aliphatic heterocycles. The van der Waals surface area contributed by atoms with Gasteiger partial charge in [-0.3, -0.25) is 10.00 Å². The fourth-order valence-electron chi connectivity index (χ4n) is 2.93. The molecular weight excluding hydrogens is 330 g/mol. The molecule has 0 saturated heterocycles. The average molecular weight is 357 g/mol. The van der Waals surface area contributed by atoms with Crippen LogP contribution in [0.2, 0.25) is 0 Å². The van der Waals surface area contributed by atoms with Crippen LogP contribution >= 0.6 is 0 Å². The molecule has 1 unspecified atom stereocenters. The summed E-state index contributed by atoms with van der Waals surface area (Å²) in [7, 11) is 1.70. The number of hydrogen-bond acceptors (Lipinski definition) is 6. The minimum absolute atomic E-state index is 0.371. The third-order valence-electron chi connectivity index (χ3n) is 4.69. The van der Waals surface area contributed by atoms with E-state index in [9.17, 15) is 5.11 Å². The van der Waals surface area contributed by atoms with E-state index < -0.39 is 6.23 Å². The first-order valence-electron chi connectivity index (χ1n) is 9.09. The van der Waals surface area contributed by atoms with Crippen molar-refractivity contribution in [2.24, 2.45) is 5.92 Å². The zero-order valence-electron chi connectivity index (χ0n) is 15.6. The Hall–Kier alpha value is -2.45. The van der Waals surface area contributed by atoms with Crippen LogP contribution < -0.4 is 10.6 Å². The maximum atomic E-state index is 9.63. The van der Waals surface area contributed by atoms with Crippen LogP contribution in [-0.4, -0.2) is 42.7 Å². The molecule has 0 fully saturated rings. The number of nitrogens with one attached hydrogen (secondary N) is 2. The molecule has 8 nitrogen and oxygen atoms in total. The van der Waals surface area contributed by atoms with Crippen molar-refractivity contribution in [2.75, 3.05) is 12.4 Å². The van der Waals surface area contributed by atoms with Crippen molar-refractivity contribution >= 4 is 22.7 Å². The van der Waals surface area contributed by atoms with E-state index in [2.05, 4.69) is 56.4 Å². The molecule has 8 heteroatoms. The Kier molecular flexibility index (Phi) is 5.85. The number of rotatable bonds is 9. The summed E-state index contributed by atoms with van der Waals surface area (Å²) in [6, 6.07) is 2.05. The number of aliphatic hydroxyl groups is 1. The van der Waals surface area contributed by atoms with Crippen LogP contribution in [0, 0.1) is 5.92 Å². The number of aromatic nitrogens is 5. The van der Waals surface area contributed by atoms with Gasteiger partial charge in [-0.2, -0.15) is 10.1 Å². The number of aliphatic hydroxyl groups excluding tert-OH is 1. The lowest BCUT2D eigenvalue weighted by Crippen LogP contribution is -2.29. The summed E-state index contributed by atoms with van der Waals surface area (Å²) in [5, 5.41) is 20.8. The predicted octanol–water partition coefficient (Wildman–Crippen LogP) is 2.35. The lowest BCUT2D eigenvalue weighted by atomic mass is 10.0. The topological polar surface area (TPSA) is 92.8 Å². The molecule has 0 radical (unpaired) electrons. The van der Waals surface area contributed by atoms with E-state index in [0.717, 1.165) is 36.1 Å². The van der Waals surface area contributed by atoms with Crippen LogP contribution in [0.3, 0.4) is 0 Å². The summed E-state index contributed by atoms with van der Waals surface area (Å²) in [5.74, 6) is 1.18. The zero-order valence-corrected chi connectivity index (χ0v) is 15.6. The van der Waals surface area contributed by atoms with Crippen molar-refractivity contribution < 1.29 is 5.11 Å². The highest BCUT2D eigenvalue weighted by molar-refractivity contribution is 5.76. The van der Waals surface area contributed by atoms with Gasteiger partial charge >= 0.3 is 0 Å². The quantitative estimate of drug-likeness (QED) is 0.509. The largest absolute Gasteiger partial charge is 0.377 e. The average Bonchev–Trinajstić information content (AvgIpc) is 3.26. The van der Waals surface area contributed by atoms with Crippen LogP contribution in [0.4, 0.5) is 11.6 Å². The summed E-state index contributed by atoms with van der Waals surface area (Å²) in [4.78, 5) is 9.07. The summed E-state index contributed by atoms with van der Waals surface area (Å²) in [5.41, 5.74) is 1.72. The van der Waals surface area contributed by atoms with Crippen molar-refractivity contribution in [3.8, 4) is 0 Å². The van der Waals surface area contributed by atoms with Crippen LogP contribution in [0.25, 0.3) is 11.0 Å². The molecule has 1 atom stereocenters. The van der Waals surface area contributed by atoms with Gasteiger partial charge in [0.2, 0.25) is 5.95 Å². The monoisotopic (exact) mass is 357 g/mol. The lowest BCUT2D eigenvalue weighted by Gasteiger charge is -2.14. The molecule has 3 aromatic heterocycles. The summed E-state index contributed by atoms with van der Waals surface area (Å²) >= 11 is 0. The number of anilines is 2. The van der Waals surface area contributed by atoms with E-state index >= 15 is 0 Å². The van der Waals surface area contributed by atoms with Gasteiger partial charge < -0.3 is 15.0 Å². The molecule has 0 amide bonds. The van der Waals surface area contributed by atoms with Crippen molar-refractivity contribution in [1.82, 2.24) is 29.6 Å². The Morgan fingerprint density at radius 1 is 1.19 bits per heavy atom. The van der Waals surface area contributed by atoms with E-state index in [4.69, 9.17) is 0 Å². The van der Waals surface area contributed by atoms with Crippen molar-refractivity contribution in [3.05, 3.63) is 30.9 Å². The Labute approximate surface area is 153 Å². The first kappa shape index (κ1) is 18.3. The summed E-state index contributed by atoms with van der Waals surface area (Å²) in [6.07, 6.45) is 9.11. The first-order valence-corrected chi connectivity index (χ1v) is 9.09. The van der Waals surface area contributed by atoms with Gasteiger partial charge in [-0.15, -0.1) is 0 Å². The van der Waals surface area contributed by atoms with Crippen LogP contribution in [0.15, 0.2) is 30.9 Å². The number of nitrogens with zero attached hydrogens (tertiary/aromatic N) is 5. The SMILES string of the molecule is CCC(CC)Cn1ccc2cnc(Nc3cnn(CC(O)NC)c3)nc21. The molecule has 0 aliphatic rings. The normalized spacial score (nSPS) is 12.8. The van der Waals surface area contributed by atoms with E-state index in [1.54, 1.807) is 17.9 Å². The third kappa shape index (κ3) is 4.20.